The molecule has 6 nitrogen and oxygen atoms in total. The zero-order valence-electron chi connectivity index (χ0n) is 13.7. The van der Waals surface area contributed by atoms with Crippen molar-refractivity contribution in [1.29, 1.82) is 0 Å². The molecule has 0 saturated carbocycles. The number of nitrogens with zero attached hydrogens (tertiary/aromatic N) is 1. The number of methoxy groups -OCH3 is 2. The van der Waals surface area contributed by atoms with Gasteiger partial charge in [-0.1, -0.05) is 19.1 Å². The normalized spacial score (nSPS) is 20.2. The Morgan fingerprint density at radius 2 is 1.96 bits per heavy atom. The predicted molar refractivity (Wildman–Crippen MR) is 86.6 cm³/mol. The second-order valence-corrected chi connectivity index (χ2v) is 7.71. The third-order valence-corrected chi connectivity index (χ3v) is 6.20. The highest BCUT2D eigenvalue weighted by molar-refractivity contribution is 7.89. The fraction of sp³-hybridized carbons (Fsp3) is 0.562. The largest absolute Gasteiger partial charge is 0.497 e. The van der Waals surface area contributed by atoms with Crippen LogP contribution in [0.5, 0.6) is 5.75 Å². The van der Waals surface area contributed by atoms with E-state index in [4.69, 9.17) is 4.74 Å². The second-order valence-electron chi connectivity index (χ2n) is 5.74. The Morgan fingerprint density at radius 1 is 1.30 bits per heavy atom. The lowest BCUT2D eigenvalue weighted by molar-refractivity contribution is -0.144. The molecule has 2 rings (SSSR count). The maximum absolute atomic E-state index is 12.7. The molecule has 1 aromatic rings. The summed E-state index contributed by atoms with van der Waals surface area (Å²) in [6.45, 7) is 2.05. The lowest BCUT2D eigenvalue weighted by atomic mass is 10.1. The van der Waals surface area contributed by atoms with Gasteiger partial charge in [-0.05, 0) is 30.5 Å². The van der Waals surface area contributed by atoms with Crippen LogP contribution in [0.1, 0.15) is 31.4 Å². The summed E-state index contributed by atoms with van der Waals surface area (Å²) in [5.74, 6) is -0.678. The molecule has 0 amide bonds. The maximum Gasteiger partial charge on any atom is 0.309 e. The minimum Gasteiger partial charge on any atom is -0.497 e. The van der Waals surface area contributed by atoms with Gasteiger partial charge in [-0.2, -0.15) is 4.31 Å². The van der Waals surface area contributed by atoms with Crippen LogP contribution in [0.15, 0.2) is 24.3 Å². The van der Waals surface area contributed by atoms with Crippen molar-refractivity contribution in [3.05, 3.63) is 29.8 Å². The average molecular weight is 341 g/mol. The Bertz CT molecular complexity index is 641. The van der Waals surface area contributed by atoms with Gasteiger partial charge in [0.25, 0.3) is 0 Å². The number of hydrogen-bond acceptors (Lipinski definition) is 5. The van der Waals surface area contributed by atoms with Crippen LogP contribution < -0.4 is 4.74 Å². The first-order chi connectivity index (χ1) is 10.9. The highest BCUT2D eigenvalue weighted by atomic mass is 32.2. The highest BCUT2D eigenvalue weighted by Gasteiger charge is 2.36. The van der Waals surface area contributed by atoms with E-state index in [1.165, 1.54) is 11.4 Å². The molecule has 2 atom stereocenters. The third kappa shape index (κ3) is 4.03. The third-order valence-electron chi connectivity index (χ3n) is 4.13. The Hall–Kier alpha value is -1.60. The molecule has 1 aliphatic rings. The summed E-state index contributed by atoms with van der Waals surface area (Å²) < 4.78 is 36.6. The number of benzene rings is 1. The van der Waals surface area contributed by atoms with Crippen LogP contribution in [0.4, 0.5) is 0 Å². The molecule has 0 bridgehead atoms. The number of sulfonamides is 1. The van der Waals surface area contributed by atoms with Gasteiger partial charge < -0.3 is 9.47 Å². The summed E-state index contributed by atoms with van der Waals surface area (Å²) in [6, 6.07) is 7.25. The van der Waals surface area contributed by atoms with Gasteiger partial charge in [-0.3, -0.25) is 4.79 Å². The van der Waals surface area contributed by atoms with E-state index in [9.17, 15) is 13.2 Å². The van der Waals surface area contributed by atoms with E-state index in [-0.39, 0.29) is 11.8 Å². The van der Waals surface area contributed by atoms with Crippen LogP contribution in [0, 0.1) is 5.92 Å². The predicted octanol–water partition coefficient (Wildman–Crippen LogP) is 1.97. The van der Waals surface area contributed by atoms with Crippen LogP contribution in [-0.4, -0.2) is 45.2 Å². The SMILES string of the molecule is COC(=O)[C@H](C)CS(=O)(=O)N1CCC[C@@H]1c1ccc(OC)cc1. The molecular weight excluding hydrogens is 318 g/mol. The van der Waals surface area contributed by atoms with Gasteiger partial charge in [0.1, 0.15) is 5.75 Å². The average Bonchev–Trinajstić information content (AvgIpc) is 3.04. The zero-order valence-corrected chi connectivity index (χ0v) is 14.5. The monoisotopic (exact) mass is 341 g/mol. The minimum atomic E-state index is -3.53. The molecule has 1 fully saturated rings. The number of esters is 1. The van der Waals surface area contributed by atoms with Crippen molar-refractivity contribution < 1.29 is 22.7 Å². The molecule has 0 radical (unpaired) electrons. The van der Waals surface area contributed by atoms with E-state index in [1.807, 2.05) is 24.3 Å². The quantitative estimate of drug-likeness (QED) is 0.740. The van der Waals surface area contributed by atoms with E-state index < -0.39 is 21.9 Å². The van der Waals surface area contributed by atoms with Crippen LogP contribution in [0.3, 0.4) is 0 Å². The van der Waals surface area contributed by atoms with Gasteiger partial charge >= 0.3 is 5.97 Å². The molecule has 1 heterocycles. The topological polar surface area (TPSA) is 72.9 Å². The van der Waals surface area contributed by atoms with E-state index in [1.54, 1.807) is 14.0 Å². The van der Waals surface area contributed by atoms with Crippen molar-refractivity contribution in [2.24, 2.45) is 5.92 Å². The van der Waals surface area contributed by atoms with Crippen molar-refractivity contribution >= 4 is 16.0 Å². The number of ether oxygens (including phenoxy) is 2. The van der Waals surface area contributed by atoms with Crippen molar-refractivity contribution in [2.75, 3.05) is 26.5 Å². The summed E-state index contributed by atoms with van der Waals surface area (Å²) in [5, 5.41) is 0. The first kappa shape index (κ1) is 17.7. The maximum atomic E-state index is 12.7. The molecule has 0 N–H and O–H groups in total. The number of hydrogen-bond donors (Lipinski definition) is 0. The number of carbonyl (C=O) groups is 1. The standard InChI is InChI=1S/C16H23NO5S/c1-12(16(18)22-3)11-23(19,20)17-10-4-5-15(17)13-6-8-14(21-2)9-7-13/h6-9,12,15H,4-5,10-11H2,1-3H3/t12-,15-/m1/s1. The summed E-state index contributed by atoms with van der Waals surface area (Å²) >= 11 is 0. The van der Waals surface area contributed by atoms with Gasteiger partial charge in [0.15, 0.2) is 0 Å². The summed E-state index contributed by atoms with van der Waals surface area (Å²) in [4.78, 5) is 11.5. The van der Waals surface area contributed by atoms with Gasteiger partial charge in [-0.25, -0.2) is 8.42 Å². The molecule has 0 spiro atoms. The first-order valence-electron chi connectivity index (χ1n) is 7.60. The van der Waals surface area contributed by atoms with E-state index in [0.717, 1.165) is 24.2 Å². The molecule has 0 unspecified atom stereocenters. The lowest BCUT2D eigenvalue weighted by Crippen LogP contribution is -2.36. The smallest absolute Gasteiger partial charge is 0.309 e. The van der Waals surface area contributed by atoms with Crippen LogP contribution in [0.2, 0.25) is 0 Å². The summed E-state index contributed by atoms with van der Waals surface area (Å²) in [5.41, 5.74) is 0.942. The van der Waals surface area contributed by atoms with Crippen molar-refractivity contribution in [2.45, 2.75) is 25.8 Å². The Balaban J connectivity index is 2.18. The summed E-state index contributed by atoms with van der Waals surface area (Å²) in [6.07, 6.45) is 1.58. The first-order valence-corrected chi connectivity index (χ1v) is 9.21. The van der Waals surface area contributed by atoms with Gasteiger partial charge in [0.2, 0.25) is 10.0 Å². The van der Waals surface area contributed by atoms with Crippen LogP contribution in [-0.2, 0) is 19.6 Å². The van der Waals surface area contributed by atoms with Crippen molar-refractivity contribution in [3.63, 3.8) is 0 Å². The molecule has 7 heteroatoms. The Labute approximate surface area is 137 Å². The molecule has 128 valence electrons. The fourth-order valence-corrected chi connectivity index (χ4v) is 4.89. The van der Waals surface area contributed by atoms with Crippen LogP contribution >= 0.6 is 0 Å². The highest BCUT2D eigenvalue weighted by Crippen LogP contribution is 2.35. The summed E-state index contributed by atoms with van der Waals surface area (Å²) in [7, 11) is -0.668. The van der Waals surface area contributed by atoms with Gasteiger partial charge in [-0.15, -0.1) is 0 Å². The fourth-order valence-electron chi connectivity index (χ4n) is 2.91. The number of rotatable bonds is 6. The van der Waals surface area contributed by atoms with Crippen LogP contribution in [0.25, 0.3) is 0 Å². The second kappa shape index (κ2) is 7.31. The Morgan fingerprint density at radius 3 is 2.52 bits per heavy atom. The molecule has 0 aliphatic carbocycles. The molecule has 1 aliphatic heterocycles. The van der Waals surface area contributed by atoms with Crippen molar-refractivity contribution in [1.82, 2.24) is 4.31 Å². The van der Waals surface area contributed by atoms with E-state index in [0.29, 0.717) is 6.54 Å². The molecule has 0 aromatic heterocycles. The molecular formula is C16H23NO5S. The molecule has 23 heavy (non-hydrogen) atoms. The zero-order chi connectivity index (χ0) is 17.0. The van der Waals surface area contributed by atoms with Crippen molar-refractivity contribution in [3.8, 4) is 5.75 Å². The minimum absolute atomic E-state index is 0.184. The molecule has 1 aromatic carbocycles. The Kier molecular flexibility index (Phi) is 5.64. The van der Waals surface area contributed by atoms with Gasteiger partial charge in [0, 0.05) is 12.6 Å². The van der Waals surface area contributed by atoms with Gasteiger partial charge in [0.05, 0.1) is 25.9 Å². The number of carbonyl (C=O) groups excluding carboxylic acids is 1. The molecule has 1 saturated heterocycles. The lowest BCUT2D eigenvalue weighted by Gasteiger charge is -2.25. The van der Waals surface area contributed by atoms with E-state index in [2.05, 4.69) is 4.74 Å². The van der Waals surface area contributed by atoms with E-state index >= 15 is 0 Å².